The predicted octanol–water partition coefficient (Wildman–Crippen LogP) is 5.16. The highest BCUT2D eigenvalue weighted by Gasteiger charge is 2.38. The van der Waals surface area contributed by atoms with Gasteiger partial charge in [-0.15, -0.1) is 0 Å². The number of carbonyl (C=O) groups excluding carboxylic acids is 1. The van der Waals surface area contributed by atoms with Gasteiger partial charge in [-0.05, 0) is 41.0 Å². The number of nitrogens with zero attached hydrogens (tertiary/aromatic N) is 1. The Morgan fingerprint density at radius 3 is 2.31 bits per heavy atom. The van der Waals surface area contributed by atoms with Crippen molar-refractivity contribution in [1.82, 2.24) is 0 Å². The zero-order chi connectivity index (χ0) is 20.2. The fourth-order valence-corrected chi connectivity index (χ4v) is 3.74. The highest BCUT2D eigenvalue weighted by Crippen LogP contribution is 2.41. The van der Waals surface area contributed by atoms with Crippen LogP contribution in [0, 0.1) is 11.7 Å². The number of carbonyl (C=O) groups is 1. The summed E-state index contributed by atoms with van der Waals surface area (Å²) in [5.74, 6) is -0.650. The van der Waals surface area contributed by atoms with Crippen LogP contribution in [0.3, 0.4) is 0 Å². The number of benzene rings is 3. The summed E-state index contributed by atoms with van der Waals surface area (Å²) in [6.45, 7) is 0.386. The molecule has 148 valence electrons. The van der Waals surface area contributed by atoms with Crippen LogP contribution in [0.4, 0.5) is 10.1 Å². The maximum atomic E-state index is 13.4. The van der Waals surface area contributed by atoms with E-state index in [-0.39, 0.29) is 30.2 Å². The van der Waals surface area contributed by atoms with Crippen molar-refractivity contribution in [3.05, 3.63) is 90.2 Å². The van der Waals surface area contributed by atoms with Crippen LogP contribution in [-0.4, -0.2) is 19.7 Å². The van der Waals surface area contributed by atoms with E-state index in [1.807, 2.05) is 18.2 Å². The number of methoxy groups -OCH3 is 1. The highest BCUT2D eigenvalue weighted by atomic mass is 19.1. The lowest BCUT2D eigenvalue weighted by Gasteiger charge is -2.27. The number of esters is 1. The minimum absolute atomic E-state index is 0.0740. The van der Waals surface area contributed by atoms with Crippen molar-refractivity contribution in [1.29, 1.82) is 0 Å². The van der Waals surface area contributed by atoms with Crippen molar-refractivity contribution in [2.24, 2.45) is 5.92 Å². The van der Waals surface area contributed by atoms with Gasteiger partial charge >= 0.3 is 5.97 Å². The van der Waals surface area contributed by atoms with Crippen LogP contribution >= 0.6 is 0 Å². The van der Waals surface area contributed by atoms with Crippen molar-refractivity contribution in [2.75, 3.05) is 18.8 Å². The Bertz CT molecular complexity index is 958. The molecule has 0 N–H and O–H groups in total. The number of hydrogen-bond acceptors (Lipinski definition) is 4. The molecule has 3 aromatic rings. The van der Waals surface area contributed by atoms with Gasteiger partial charge in [-0.3, -0.25) is 9.63 Å². The highest BCUT2D eigenvalue weighted by molar-refractivity contribution is 5.70. The first-order chi connectivity index (χ1) is 14.2. The van der Waals surface area contributed by atoms with Crippen molar-refractivity contribution in [2.45, 2.75) is 12.5 Å². The number of rotatable bonds is 5. The Labute approximate surface area is 169 Å². The molecule has 29 heavy (non-hydrogen) atoms. The van der Waals surface area contributed by atoms with Gasteiger partial charge in [0.25, 0.3) is 0 Å². The average molecular weight is 391 g/mol. The lowest BCUT2D eigenvalue weighted by molar-refractivity contribution is -0.141. The Kier molecular flexibility index (Phi) is 5.58. The molecule has 3 aromatic carbocycles. The normalized spacial score (nSPS) is 18.6. The van der Waals surface area contributed by atoms with Gasteiger partial charge < -0.3 is 4.74 Å². The van der Waals surface area contributed by atoms with Gasteiger partial charge in [-0.1, -0.05) is 54.6 Å². The fraction of sp³-hybridized carbons (Fsp3) is 0.208. The molecule has 1 heterocycles. The summed E-state index contributed by atoms with van der Waals surface area (Å²) < 4.78 is 18.2. The second-order valence-corrected chi connectivity index (χ2v) is 7.07. The van der Waals surface area contributed by atoms with Crippen LogP contribution in [-0.2, 0) is 14.4 Å². The second kappa shape index (κ2) is 8.45. The Morgan fingerprint density at radius 1 is 1.00 bits per heavy atom. The SMILES string of the molecule is COC(=O)CC1CON(c2ccc(F)cc2)C1c1ccc(-c2ccccc2)cc1. The average Bonchev–Trinajstić information content (AvgIpc) is 3.18. The molecule has 2 atom stereocenters. The number of ether oxygens (including phenoxy) is 1. The van der Waals surface area contributed by atoms with E-state index >= 15 is 0 Å². The van der Waals surface area contributed by atoms with Gasteiger partial charge in [0.2, 0.25) is 0 Å². The first-order valence-corrected chi connectivity index (χ1v) is 9.55. The number of hydroxylamine groups is 1. The lowest BCUT2D eigenvalue weighted by Crippen LogP contribution is -2.25. The van der Waals surface area contributed by atoms with E-state index in [0.29, 0.717) is 6.61 Å². The largest absolute Gasteiger partial charge is 0.469 e. The molecule has 1 saturated heterocycles. The smallest absolute Gasteiger partial charge is 0.305 e. The molecule has 0 aromatic heterocycles. The van der Waals surface area contributed by atoms with Gasteiger partial charge in [0.1, 0.15) is 5.82 Å². The van der Waals surface area contributed by atoms with Crippen LogP contribution in [0.25, 0.3) is 11.1 Å². The number of hydrogen-bond donors (Lipinski definition) is 0. The number of anilines is 1. The van der Waals surface area contributed by atoms with Gasteiger partial charge in [0, 0.05) is 5.92 Å². The minimum atomic E-state index is -0.303. The molecule has 1 aliphatic rings. The summed E-state index contributed by atoms with van der Waals surface area (Å²) in [5.41, 5.74) is 4.03. The van der Waals surface area contributed by atoms with Crippen LogP contribution < -0.4 is 5.06 Å². The molecule has 4 nitrogen and oxygen atoms in total. The van der Waals surface area contributed by atoms with Crippen LogP contribution in [0.5, 0.6) is 0 Å². The first kappa shape index (κ1) is 19.2. The molecule has 0 spiro atoms. The Morgan fingerprint density at radius 2 is 1.66 bits per heavy atom. The lowest BCUT2D eigenvalue weighted by atomic mass is 9.90. The molecule has 0 amide bonds. The van der Waals surface area contributed by atoms with E-state index < -0.39 is 0 Å². The quantitative estimate of drug-likeness (QED) is 0.563. The zero-order valence-corrected chi connectivity index (χ0v) is 16.1. The van der Waals surface area contributed by atoms with Crippen LogP contribution in [0.15, 0.2) is 78.9 Å². The van der Waals surface area contributed by atoms with Crippen molar-refractivity contribution in [3.8, 4) is 11.1 Å². The summed E-state index contributed by atoms with van der Waals surface area (Å²) in [4.78, 5) is 17.8. The van der Waals surface area contributed by atoms with Crippen molar-refractivity contribution >= 4 is 11.7 Å². The van der Waals surface area contributed by atoms with E-state index in [9.17, 15) is 9.18 Å². The molecule has 1 aliphatic heterocycles. The summed E-state index contributed by atoms with van der Waals surface area (Å²) in [6.07, 6.45) is 0.249. The van der Waals surface area contributed by atoms with Gasteiger partial charge in [-0.2, -0.15) is 0 Å². The molecular weight excluding hydrogens is 369 g/mol. The number of halogens is 1. The topological polar surface area (TPSA) is 38.8 Å². The summed E-state index contributed by atoms with van der Waals surface area (Å²) in [5, 5.41) is 1.77. The van der Waals surface area contributed by atoms with Crippen LogP contribution in [0.1, 0.15) is 18.0 Å². The third kappa shape index (κ3) is 4.15. The molecular formula is C24H22FNO3. The first-order valence-electron chi connectivity index (χ1n) is 9.55. The maximum Gasteiger partial charge on any atom is 0.305 e. The van der Waals surface area contributed by atoms with Crippen LogP contribution in [0.2, 0.25) is 0 Å². The molecule has 2 unspecified atom stereocenters. The predicted molar refractivity (Wildman–Crippen MR) is 110 cm³/mol. The Balaban J connectivity index is 1.66. The van der Waals surface area contributed by atoms with Gasteiger partial charge in [0.05, 0.1) is 31.9 Å². The molecule has 0 radical (unpaired) electrons. The molecule has 4 rings (SSSR count). The summed E-state index contributed by atoms with van der Waals surface area (Å²) in [6, 6.07) is 24.4. The van der Waals surface area contributed by atoms with E-state index in [1.54, 1.807) is 17.2 Å². The molecule has 0 saturated carbocycles. The minimum Gasteiger partial charge on any atom is -0.469 e. The third-order valence-corrected chi connectivity index (χ3v) is 5.22. The van der Waals surface area contributed by atoms with E-state index in [0.717, 1.165) is 22.4 Å². The fourth-order valence-electron chi connectivity index (χ4n) is 3.74. The maximum absolute atomic E-state index is 13.4. The van der Waals surface area contributed by atoms with E-state index in [2.05, 4.69) is 36.4 Å². The summed E-state index contributed by atoms with van der Waals surface area (Å²) >= 11 is 0. The molecule has 5 heteroatoms. The van der Waals surface area contributed by atoms with Crippen molar-refractivity contribution < 1.29 is 18.8 Å². The zero-order valence-electron chi connectivity index (χ0n) is 16.1. The van der Waals surface area contributed by atoms with Gasteiger partial charge in [-0.25, -0.2) is 9.45 Å². The monoisotopic (exact) mass is 391 g/mol. The molecule has 0 bridgehead atoms. The van der Waals surface area contributed by atoms with Crippen molar-refractivity contribution in [3.63, 3.8) is 0 Å². The molecule has 0 aliphatic carbocycles. The van der Waals surface area contributed by atoms with E-state index in [1.165, 1.54) is 19.2 Å². The molecule has 1 fully saturated rings. The van der Waals surface area contributed by atoms with E-state index in [4.69, 9.17) is 9.57 Å². The summed E-state index contributed by atoms with van der Waals surface area (Å²) in [7, 11) is 1.39. The standard InChI is InChI=1S/C24H22FNO3/c1-28-23(27)15-20-16-29-26(22-13-11-21(25)12-14-22)24(20)19-9-7-18(8-10-19)17-5-3-2-4-6-17/h2-14,20,24H,15-16H2,1H3. The Hall–Kier alpha value is -3.18. The second-order valence-electron chi connectivity index (χ2n) is 7.07. The van der Waals surface area contributed by atoms with Gasteiger partial charge in [0.15, 0.2) is 0 Å². The third-order valence-electron chi connectivity index (χ3n) is 5.22.